The Hall–Kier alpha value is -2.92. The van der Waals surface area contributed by atoms with Crippen LogP contribution in [0.5, 0.6) is 0 Å². The van der Waals surface area contributed by atoms with Crippen molar-refractivity contribution in [2.24, 2.45) is 0 Å². The number of benzene rings is 2. The zero-order chi connectivity index (χ0) is 17.9. The Balaban J connectivity index is 1.71. The molecule has 1 atom stereocenters. The number of halogens is 1. The fourth-order valence-electron chi connectivity index (χ4n) is 2.85. The molecule has 0 amide bonds. The molecule has 1 unspecified atom stereocenters. The van der Waals surface area contributed by atoms with E-state index in [0.29, 0.717) is 23.9 Å². The largest absolute Gasteiger partial charge is 0.323 e. The first-order chi connectivity index (χ1) is 12.7. The number of nitrogens with one attached hydrogen (secondary N) is 2. The minimum atomic E-state index is -0.316. The van der Waals surface area contributed by atoms with Gasteiger partial charge in [0.25, 0.3) is 0 Å². The van der Waals surface area contributed by atoms with Crippen LogP contribution in [0.25, 0.3) is 10.9 Å². The van der Waals surface area contributed by atoms with Gasteiger partial charge in [-0.2, -0.15) is 5.10 Å². The van der Waals surface area contributed by atoms with Crippen LogP contribution in [-0.4, -0.2) is 20.2 Å². The van der Waals surface area contributed by atoms with E-state index in [0.717, 1.165) is 22.2 Å². The van der Waals surface area contributed by atoms with Gasteiger partial charge in [-0.15, -0.1) is 11.6 Å². The first-order valence-electron chi connectivity index (χ1n) is 8.43. The van der Waals surface area contributed by atoms with Gasteiger partial charge in [0.05, 0.1) is 10.9 Å². The van der Waals surface area contributed by atoms with Crippen LogP contribution in [0.2, 0.25) is 0 Å². The maximum atomic E-state index is 6.65. The van der Waals surface area contributed by atoms with Gasteiger partial charge in [-0.25, -0.2) is 9.97 Å². The molecule has 0 spiro atoms. The number of alkyl halides is 1. The second-order valence-electron chi connectivity index (χ2n) is 6.17. The van der Waals surface area contributed by atoms with E-state index in [2.05, 4.69) is 32.6 Å². The molecule has 0 bridgehead atoms. The van der Waals surface area contributed by atoms with Crippen molar-refractivity contribution < 1.29 is 0 Å². The number of hydrogen-bond acceptors (Lipinski definition) is 4. The van der Waals surface area contributed by atoms with Gasteiger partial charge in [-0.05, 0) is 31.0 Å². The quantitative estimate of drug-likeness (QED) is 0.493. The van der Waals surface area contributed by atoms with Crippen LogP contribution in [0.3, 0.4) is 0 Å². The van der Waals surface area contributed by atoms with Gasteiger partial charge in [-0.1, -0.05) is 42.5 Å². The Morgan fingerprint density at radius 1 is 1.04 bits per heavy atom. The van der Waals surface area contributed by atoms with Crippen molar-refractivity contribution in [2.75, 3.05) is 5.32 Å². The summed E-state index contributed by atoms with van der Waals surface area (Å²) in [5.74, 6) is 2.02. The standard InChI is InChI=1S/C20H18ClN5/c1-13-11-18(26-25-13)23-19-15-9-5-6-10-17(15)22-20(24-19)16(21)12-14-7-3-2-4-8-14/h2-11,16H,12H2,1H3,(H2,22,23,24,25,26). The average molecular weight is 364 g/mol. The smallest absolute Gasteiger partial charge is 0.153 e. The number of fused-ring (bicyclic) bond motifs is 1. The fourth-order valence-corrected chi connectivity index (χ4v) is 3.12. The molecule has 0 aliphatic heterocycles. The highest BCUT2D eigenvalue weighted by molar-refractivity contribution is 6.20. The number of aromatic nitrogens is 4. The van der Waals surface area contributed by atoms with Crippen LogP contribution in [0.15, 0.2) is 60.7 Å². The summed E-state index contributed by atoms with van der Waals surface area (Å²) in [7, 11) is 0. The SMILES string of the molecule is Cc1cc(Nc2nc(C(Cl)Cc3ccccc3)nc3ccccc23)n[nH]1. The molecule has 0 aliphatic rings. The fraction of sp³-hybridized carbons (Fsp3) is 0.150. The second kappa shape index (κ2) is 7.14. The number of rotatable bonds is 5. The molecule has 4 aromatic rings. The van der Waals surface area contributed by atoms with E-state index in [1.807, 2.05) is 55.5 Å². The Morgan fingerprint density at radius 2 is 1.81 bits per heavy atom. The van der Waals surface area contributed by atoms with E-state index in [4.69, 9.17) is 16.6 Å². The maximum absolute atomic E-state index is 6.65. The van der Waals surface area contributed by atoms with Gasteiger partial charge >= 0.3 is 0 Å². The minimum absolute atomic E-state index is 0.316. The maximum Gasteiger partial charge on any atom is 0.153 e. The molecule has 5 nitrogen and oxygen atoms in total. The van der Waals surface area contributed by atoms with E-state index in [-0.39, 0.29) is 5.38 Å². The molecule has 26 heavy (non-hydrogen) atoms. The molecule has 0 saturated heterocycles. The van der Waals surface area contributed by atoms with Crippen LogP contribution in [0.4, 0.5) is 11.6 Å². The number of para-hydroxylation sites is 1. The number of aryl methyl sites for hydroxylation is 1. The Bertz CT molecular complexity index is 1030. The predicted molar refractivity (Wildman–Crippen MR) is 105 cm³/mol. The van der Waals surface area contributed by atoms with Gasteiger partial charge in [0.1, 0.15) is 11.6 Å². The number of aromatic amines is 1. The van der Waals surface area contributed by atoms with E-state index in [1.165, 1.54) is 0 Å². The highest BCUT2D eigenvalue weighted by Crippen LogP contribution is 2.28. The summed E-state index contributed by atoms with van der Waals surface area (Å²) in [6.07, 6.45) is 0.668. The molecule has 2 aromatic carbocycles. The van der Waals surface area contributed by atoms with E-state index >= 15 is 0 Å². The van der Waals surface area contributed by atoms with Crippen molar-refractivity contribution in [3.8, 4) is 0 Å². The molecule has 4 rings (SSSR count). The van der Waals surface area contributed by atoms with Crippen molar-refractivity contribution in [1.29, 1.82) is 0 Å². The molecule has 0 aliphatic carbocycles. The van der Waals surface area contributed by atoms with Crippen molar-refractivity contribution in [3.63, 3.8) is 0 Å². The van der Waals surface area contributed by atoms with Gasteiger partial charge in [-0.3, -0.25) is 5.10 Å². The molecular formula is C20H18ClN5. The molecule has 2 N–H and O–H groups in total. The molecule has 2 heterocycles. The zero-order valence-corrected chi connectivity index (χ0v) is 15.0. The third kappa shape index (κ3) is 3.53. The summed E-state index contributed by atoms with van der Waals surface area (Å²) in [5.41, 5.74) is 2.98. The normalized spacial score (nSPS) is 12.2. The Labute approximate surface area is 156 Å². The van der Waals surface area contributed by atoms with Gasteiger partial charge in [0.15, 0.2) is 5.82 Å². The van der Waals surface area contributed by atoms with E-state index in [1.54, 1.807) is 0 Å². The highest BCUT2D eigenvalue weighted by Gasteiger charge is 2.16. The second-order valence-corrected chi connectivity index (χ2v) is 6.69. The monoisotopic (exact) mass is 363 g/mol. The van der Waals surface area contributed by atoms with Crippen LogP contribution >= 0.6 is 11.6 Å². The van der Waals surface area contributed by atoms with Crippen molar-refractivity contribution >= 4 is 34.1 Å². The number of anilines is 2. The molecule has 0 radical (unpaired) electrons. The van der Waals surface area contributed by atoms with E-state index < -0.39 is 0 Å². The van der Waals surface area contributed by atoms with E-state index in [9.17, 15) is 0 Å². The third-order valence-electron chi connectivity index (χ3n) is 4.11. The van der Waals surface area contributed by atoms with Gasteiger partial charge < -0.3 is 5.32 Å². The third-order valence-corrected chi connectivity index (χ3v) is 4.46. The van der Waals surface area contributed by atoms with Crippen molar-refractivity contribution in [3.05, 3.63) is 77.7 Å². The summed E-state index contributed by atoms with van der Waals surface area (Å²) in [4.78, 5) is 9.36. The number of hydrogen-bond donors (Lipinski definition) is 2. The zero-order valence-electron chi connectivity index (χ0n) is 14.3. The Kier molecular flexibility index (Phi) is 4.54. The summed E-state index contributed by atoms with van der Waals surface area (Å²) in [6.45, 7) is 1.95. The first-order valence-corrected chi connectivity index (χ1v) is 8.86. The average Bonchev–Trinajstić information content (AvgIpc) is 3.07. The van der Waals surface area contributed by atoms with Crippen molar-refractivity contribution in [1.82, 2.24) is 20.2 Å². The molecule has 130 valence electrons. The topological polar surface area (TPSA) is 66.5 Å². The lowest BCUT2D eigenvalue weighted by atomic mass is 10.1. The Morgan fingerprint density at radius 3 is 2.58 bits per heavy atom. The summed E-state index contributed by atoms with van der Waals surface area (Å²) in [5, 5.41) is 11.0. The number of H-pyrrole nitrogens is 1. The van der Waals surface area contributed by atoms with Crippen molar-refractivity contribution in [2.45, 2.75) is 18.7 Å². The molecule has 2 aromatic heterocycles. The van der Waals surface area contributed by atoms with Crippen LogP contribution in [-0.2, 0) is 6.42 Å². The number of nitrogens with zero attached hydrogens (tertiary/aromatic N) is 3. The molecule has 0 saturated carbocycles. The molecular weight excluding hydrogens is 346 g/mol. The van der Waals surface area contributed by atoms with Crippen LogP contribution in [0.1, 0.15) is 22.5 Å². The van der Waals surface area contributed by atoms with Gasteiger partial charge in [0.2, 0.25) is 0 Å². The van der Waals surface area contributed by atoms with Gasteiger partial charge in [0, 0.05) is 17.1 Å². The summed E-state index contributed by atoms with van der Waals surface area (Å²) < 4.78 is 0. The highest BCUT2D eigenvalue weighted by atomic mass is 35.5. The summed E-state index contributed by atoms with van der Waals surface area (Å²) in [6, 6.07) is 19.9. The lowest BCUT2D eigenvalue weighted by Crippen LogP contribution is -2.06. The summed E-state index contributed by atoms with van der Waals surface area (Å²) >= 11 is 6.65. The lowest BCUT2D eigenvalue weighted by molar-refractivity contribution is 0.838. The lowest BCUT2D eigenvalue weighted by Gasteiger charge is -2.13. The van der Waals surface area contributed by atoms with Crippen LogP contribution in [0, 0.1) is 6.92 Å². The predicted octanol–water partition coefficient (Wildman–Crippen LogP) is 4.93. The molecule has 0 fully saturated rings. The van der Waals surface area contributed by atoms with Crippen LogP contribution < -0.4 is 5.32 Å². The molecule has 6 heteroatoms. The minimum Gasteiger partial charge on any atom is -0.323 e. The first kappa shape index (κ1) is 16.5.